The maximum absolute atomic E-state index is 13.9. The molecule has 0 saturated carbocycles. The Balaban J connectivity index is 2.79. The van der Waals surface area contributed by atoms with E-state index in [1.165, 1.54) is 24.1 Å². The third kappa shape index (κ3) is 11.1. The van der Waals surface area contributed by atoms with Gasteiger partial charge in [0.15, 0.2) is 11.6 Å². The van der Waals surface area contributed by atoms with Gasteiger partial charge in [0, 0.05) is 19.2 Å². The number of benzene rings is 1. The minimum atomic E-state index is -3.87. The van der Waals surface area contributed by atoms with Crippen LogP contribution in [0.5, 0.6) is 0 Å². The molecular weight excluding hydrogens is 501 g/mol. The van der Waals surface area contributed by atoms with Crippen LogP contribution >= 0.6 is 19.6 Å². The lowest BCUT2D eigenvalue weighted by atomic mass is 10.1. The topological polar surface area (TPSA) is 97.3 Å². The molecule has 0 saturated heterocycles. The van der Waals surface area contributed by atoms with Crippen molar-refractivity contribution in [2.24, 2.45) is 0 Å². The summed E-state index contributed by atoms with van der Waals surface area (Å²) in [6.45, 7) is 12.0. The summed E-state index contributed by atoms with van der Waals surface area (Å²) in [6.07, 6.45) is 0.728. The molecule has 202 valence electrons. The number of aliphatic hydroxyl groups excluding tert-OH is 1. The van der Waals surface area contributed by atoms with Crippen molar-refractivity contribution in [3.05, 3.63) is 35.4 Å². The Morgan fingerprint density at radius 3 is 2.20 bits per heavy atom. The van der Waals surface area contributed by atoms with E-state index in [0.717, 1.165) is 17.8 Å². The predicted molar refractivity (Wildman–Crippen MR) is 134 cm³/mol. The van der Waals surface area contributed by atoms with Gasteiger partial charge in [-0.2, -0.15) is 0 Å². The van der Waals surface area contributed by atoms with Crippen molar-refractivity contribution in [1.82, 2.24) is 10.2 Å². The summed E-state index contributed by atoms with van der Waals surface area (Å²) in [5.41, 5.74) is -1.51. The highest BCUT2D eigenvalue weighted by Crippen LogP contribution is 2.55. The number of urea groups is 1. The fraction of sp³-hybridized carbons (Fsp3) is 0.696. The van der Waals surface area contributed by atoms with Gasteiger partial charge in [-0.3, -0.25) is 13.6 Å². The van der Waals surface area contributed by atoms with Crippen LogP contribution in [0.25, 0.3) is 0 Å². The number of thioether (sulfide) groups is 1. The molecule has 35 heavy (non-hydrogen) atoms. The Labute approximate surface area is 211 Å². The van der Waals surface area contributed by atoms with Gasteiger partial charge in [0.1, 0.15) is 0 Å². The molecule has 0 aliphatic carbocycles. The summed E-state index contributed by atoms with van der Waals surface area (Å²) >= 11 is 1.12. The van der Waals surface area contributed by atoms with Gasteiger partial charge < -0.3 is 15.3 Å². The smallest absolute Gasteiger partial charge is 0.386 e. The minimum Gasteiger partial charge on any atom is -0.386 e. The largest absolute Gasteiger partial charge is 0.475 e. The third-order valence-corrected chi connectivity index (χ3v) is 7.93. The van der Waals surface area contributed by atoms with Crippen molar-refractivity contribution < 1.29 is 36.8 Å². The lowest BCUT2D eigenvalue weighted by Crippen LogP contribution is -2.49. The van der Waals surface area contributed by atoms with Crippen LogP contribution in [0.3, 0.4) is 0 Å². The first-order valence-corrected chi connectivity index (χ1v) is 13.7. The van der Waals surface area contributed by atoms with Crippen LogP contribution in [0, 0.1) is 11.6 Å². The molecule has 0 fully saturated rings. The maximum Gasteiger partial charge on any atom is 0.475 e. The summed E-state index contributed by atoms with van der Waals surface area (Å²) < 4.78 is 57.2. The molecule has 0 bridgehead atoms. The molecule has 0 spiro atoms. The highest BCUT2D eigenvalue weighted by atomic mass is 32.2. The highest BCUT2D eigenvalue weighted by Gasteiger charge is 2.38. The molecule has 1 unspecified atom stereocenters. The Morgan fingerprint density at radius 1 is 1.11 bits per heavy atom. The fourth-order valence-electron chi connectivity index (χ4n) is 2.98. The van der Waals surface area contributed by atoms with Gasteiger partial charge in [-0.25, -0.2) is 18.1 Å². The van der Waals surface area contributed by atoms with Crippen molar-refractivity contribution in [3.63, 3.8) is 0 Å². The number of hydrogen-bond donors (Lipinski definition) is 2. The standard InChI is InChI=1S/C23H39F2N2O6PS/c1-21(2,3)32-34(30,33-22(4,5)6)31-14-10-13-23(7,35-16-28)27(8)20(29)26-15-17-11-9-12-18(24)19(17)25/h9,11-12,28H,10,13-16H2,1-8H3,(H,26,29). The molecule has 2 amide bonds. The summed E-state index contributed by atoms with van der Waals surface area (Å²) in [6, 6.07) is 3.22. The first-order chi connectivity index (χ1) is 15.9. The Hall–Kier alpha value is -1.23. The second-order valence-corrected chi connectivity index (χ2v) is 13.1. The van der Waals surface area contributed by atoms with Gasteiger partial charge >= 0.3 is 13.9 Å². The number of phosphoric acid groups is 1. The molecule has 1 aromatic carbocycles. The van der Waals surface area contributed by atoms with Crippen LogP contribution in [-0.4, -0.2) is 51.7 Å². The van der Waals surface area contributed by atoms with E-state index in [9.17, 15) is 23.2 Å². The molecule has 0 heterocycles. The van der Waals surface area contributed by atoms with E-state index in [-0.39, 0.29) is 24.7 Å². The molecule has 1 aromatic rings. The molecular formula is C23H39F2N2O6PS. The molecule has 1 rings (SSSR count). The number of nitrogens with one attached hydrogen (secondary N) is 1. The quantitative estimate of drug-likeness (QED) is 0.190. The van der Waals surface area contributed by atoms with E-state index in [1.807, 2.05) is 0 Å². The van der Waals surface area contributed by atoms with Gasteiger partial charge in [-0.15, -0.1) is 11.8 Å². The molecule has 8 nitrogen and oxygen atoms in total. The molecule has 0 aromatic heterocycles. The molecule has 0 aliphatic heterocycles. The van der Waals surface area contributed by atoms with E-state index in [2.05, 4.69) is 5.32 Å². The number of phosphoric ester groups is 1. The van der Waals surface area contributed by atoms with Crippen LogP contribution < -0.4 is 5.32 Å². The number of halogens is 2. The first kappa shape index (κ1) is 31.8. The van der Waals surface area contributed by atoms with Crippen molar-refractivity contribution in [2.45, 2.75) is 83.9 Å². The number of nitrogens with zero attached hydrogens (tertiary/aromatic N) is 1. The van der Waals surface area contributed by atoms with E-state index < -0.39 is 41.6 Å². The van der Waals surface area contributed by atoms with E-state index >= 15 is 0 Å². The molecule has 12 heteroatoms. The molecule has 1 atom stereocenters. The normalized spacial score (nSPS) is 14.5. The lowest BCUT2D eigenvalue weighted by molar-refractivity contribution is 0.00247. The number of amides is 2. The van der Waals surface area contributed by atoms with Crippen LogP contribution in [-0.2, 0) is 24.7 Å². The molecule has 2 N–H and O–H groups in total. The first-order valence-electron chi connectivity index (χ1n) is 11.3. The van der Waals surface area contributed by atoms with Crippen molar-refractivity contribution in [2.75, 3.05) is 19.6 Å². The Kier molecular flexibility index (Phi) is 11.7. The highest BCUT2D eigenvalue weighted by molar-refractivity contribution is 8.00. The summed E-state index contributed by atoms with van der Waals surface area (Å²) in [5.74, 6) is -2.26. The summed E-state index contributed by atoms with van der Waals surface area (Å²) in [5, 5.41) is 12.1. The van der Waals surface area contributed by atoms with Gasteiger partial charge in [0.05, 0.1) is 28.6 Å². The van der Waals surface area contributed by atoms with Crippen molar-refractivity contribution >= 4 is 25.6 Å². The number of aliphatic hydroxyl groups is 1. The number of hydrogen-bond acceptors (Lipinski definition) is 7. The van der Waals surface area contributed by atoms with E-state index in [1.54, 1.807) is 48.5 Å². The average molecular weight is 541 g/mol. The van der Waals surface area contributed by atoms with Gasteiger partial charge in [-0.1, -0.05) is 12.1 Å². The Bertz CT molecular complexity index is 874. The van der Waals surface area contributed by atoms with Crippen LogP contribution in [0.15, 0.2) is 18.2 Å². The number of carbonyl (C=O) groups excluding carboxylic acids is 1. The minimum absolute atomic E-state index is 0.0186. The van der Waals surface area contributed by atoms with Gasteiger partial charge in [0.2, 0.25) is 0 Å². The van der Waals surface area contributed by atoms with Crippen LogP contribution in [0.4, 0.5) is 13.6 Å². The van der Waals surface area contributed by atoms with Crippen LogP contribution in [0.2, 0.25) is 0 Å². The SMILES string of the molecule is CN(C(=O)NCc1cccc(F)c1F)C(C)(CCCOP(=O)(OC(C)(C)C)OC(C)(C)C)SCO. The zero-order chi connectivity index (χ0) is 27.1. The zero-order valence-corrected chi connectivity index (χ0v) is 23.5. The second kappa shape index (κ2) is 12.8. The lowest BCUT2D eigenvalue weighted by Gasteiger charge is -2.38. The van der Waals surface area contributed by atoms with Gasteiger partial charge in [0.25, 0.3) is 0 Å². The summed E-state index contributed by atoms with van der Waals surface area (Å²) in [4.78, 5) is 13.2. The second-order valence-electron chi connectivity index (χ2n) is 10.2. The average Bonchev–Trinajstić information content (AvgIpc) is 2.69. The van der Waals surface area contributed by atoms with Gasteiger partial charge in [-0.05, 0) is 67.4 Å². The fourth-order valence-corrected chi connectivity index (χ4v) is 5.66. The van der Waals surface area contributed by atoms with E-state index in [0.29, 0.717) is 12.8 Å². The predicted octanol–water partition coefficient (Wildman–Crippen LogP) is 6.04. The number of rotatable bonds is 12. The van der Waals surface area contributed by atoms with Crippen molar-refractivity contribution in [1.29, 1.82) is 0 Å². The Morgan fingerprint density at radius 2 is 1.69 bits per heavy atom. The van der Waals surface area contributed by atoms with Crippen molar-refractivity contribution in [3.8, 4) is 0 Å². The zero-order valence-electron chi connectivity index (χ0n) is 21.8. The summed E-state index contributed by atoms with van der Waals surface area (Å²) in [7, 11) is -2.33. The van der Waals surface area contributed by atoms with E-state index in [4.69, 9.17) is 13.6 Å². The molecule has 0 radical (unpaired) electrons. The monoisotopic (exact) mass is 540 g/mol. The van der Waals surface area contributed by atoms with Crippen LogP contribution in [0.1, 0.15) is 66.9 Å². The maximum atomic E-state index is 13.9. The number of carbonyl (C=O) groups is 1. The third-order valence-electron chi connectivity index (χ3n) is 4.66. The molecule has 0 aliphatic rings.